The van der Waals surface area contributed by atoms with Gasteiger partial charge in [-0.15, -0.1) is 0 Å². The Labute approximate surface area is 172 Å². The van der Waals surface area contributed by atoms with E-state index < -0.39 is 5.97 Å². The summed E-state index contributed by atoms with van der Waals surface area (Å²) in [6.45, 7) is 2.35. The highest BCUT2D eigenvalue weighted by atomic mass is 16.4. The quantitative estimate of drug-likeness (QED) is 0.512. The molecule has 0 spiro atoms. The molecule has 30 heavy (non-hydrogen) atoms. The molecule has 2 aromatic heterocycles. The van der Waals surface area contributed by atoms with E-state index >= 15 is 0 Å². The fourth-order valence-electron chi connectivity index (χ4n) is 3.25. The summed E-state index contributed by atoms with van der Waals surface area (Å²) >= 11 is 0. The third-order valence-corrected chi connectivity index (χ3v) is 4.91. The number of carboxylic acid groups (broad SMARTS) is 1. The van der Waals surface area contributed by atoms with E-state index in [0.717, 1.165) is 16.5 Å². The van der Waals surface area contributed by atoms with Crippen LogP contribution in [0.1, 0.15) is 34.5 Å². The summed E-state index contributed by atoms with van der Waals surface area (Å²) in [6.07, 6.45) is 1.69. The van der Waals surface area contributed by atoms with Crippen LogP contribution in [0.15, 0.2) is 77.7 Å². The predicted molar refractivity (Wildman–Crippen MR) is 115 cm³/mol. The van der Waals surface area contributed by atoms with Gasteiger partial charge in [0.15, 0.2) is 0 Å². The van der Waals surface area contributed by atoms with Crippen LogP contribution >= 0.6 is 0 Å². The number of hydrogen-bond acceptors (Lipinski definition) is 5. The fourth-order valence-corrected chi connectivity index (χ4v) is 3.25. The van der Waals surface area contributed by atoms with E-state index in [4.69, 9.17) is 5.11 Å². The van der Waals surface area contributed by atoms with Crippen molar-refractivity contribution in [2.45, 2.75) is 19.5 Å². The Bertz CT molecular complexity index is 1250. The number of nitrogens with zero attached hydrogens (tertiary/aromatic N) is 3. The van der Waals surface area contributed by atoms with Gasteiger partial charge in [-0.1, -0.05) is 42.5 Å². The van der Waals surface area contributed by atoms with Crippen molar-refractivity contribution in [3.63, 3.8) is 0 Å². The first-order valence-electron chi connectivity index (χ1n) is 9.51. The van der Waals surface area contributed by atoms with Gasteiger partial charge in [0.1, 0.15) is 5.65 Å². The van der Waals surface area contributed by atoms with Crippen LogP contribution in [0.3, 0.4) is 0 Å². The topological polar surface area (TPSA) is 97.1 Å². The van der Waals surface area contributed by atoms with Crippen LogP contribution in [-0.4, -0.2) is 25.6 Å². The van der Waals surface area contributed by atoms with Gasteiger partial charge in [-0.25, -0.2) is 9.78 Å². The van der Waals surface area contributed by atoms with E-state index in [1.807, 2.05) is 37.3 Å². The van der Waals surface area contributed by atoms with Crippen LogP contribution < -0.4 is 10.9 Å². The number of nitrogens with one attached hydrogen (secondary N) is 1. The zero-order valence-electron chi connectivity index (χ0n) is 16.3. The number of rotatable bonds is 6. The van der Waals surface area contributed by atoms with E-state index in [-0.39, 0.29) is 17.2 Å². The Morgan fingerprint density at radius 1 is 1.07 bits per heavy atom. The van der Waals surface area contributed by atoms with E-state index in [1.165, 1.54) is 6.07 Å². The van der Waals surface area contributed by atoms with Gasteiger partial charge in [0.25, 0.3) is 5.56 Å². The molecule has 0 unspecified atom stereocenters. The van der Waals surface area contributed by atoms with Gasteiger partial charge in [0.2, 0.25) is 5.95 Å². The molecular formula is C23H20N4O3. The molecular weight excluding hydrogens is 380 g/mol. The summed E-state index contributed by atoms with van der Waals surface area (Å²) in [5.41, 5.74) is 2.56. The van der Waals surface area contributed by atoms with Gasteiger partial charge in [-0.05, 0) is 36.2 Å². The Morgan fingerprint density at radius 3 is 2.50 bits per heavy atom. The molecule has 150 valence electrons. The summed E-state index contributed by atoms with van der Waals surface area (Å²) < 4.78 is 1.63. The Hall–Kier alpha value is -4.00. The molecule has 0 fully saturated rings. The highest BCUT2D eigenvalue weighted by molar-refractivity contribution is 5.87. The van der Waals surface area contributed by atoms with Crippen LogP contribution in [0.25, 0.3) is 11.0 Å². The van der Waals surface area contributed by atoms with Crippen LogP contribution in [0, 0.1) is 0 Å². The minimum absolute atomic E-state index is 0.131. The highest BCUT2D eigenvalue weighted by Crippen LogP contribution is 2.19. The van der Waals surface area contributed by atoms with Crippen molar-refractivity contribution in [3.05, 3.63) is 100.0 Å². The molecule has 0 radical (unpaired) electrons. The van der Waals surface area contributed by atoms with Crippen LogP contribution in [-0.2, 0) is 6.54 Å². The van der Waals surface area contributed by atoms with Gasteiger partial charge in [-0.3, -0.25) is 9.36 Å². The zero-order valence-corrected chi connectivity index (χ0v) is 16.3. The second-order valence-corrected chi connectivity index (χ2v) is 7.01. The molecule has 4 aromatic rings. The van der Waals surface area contributed by atoms with Crippen molar-refractivity contribution in [2.24, 2.45) is 0 Å². The fraction of sp³-hybridized carbons (Fsp3) is 0.130. The van der Waals surface area contributed by atoms with E-state index in [2.05, 4.69) is 15.3 Å². The molecule has 2 N–H and O–H groups in total. The zero-order chi connectivity index (χ0) is 21.1. The summed E-state index contributed by atoms with van der Waals surface area (Å²) in [5, 5.41) is 13.0. The molecule has 0 aliphatic carbocycles. The third-order valence-electron chi connectivity index (χ3n) is 4.91. The third kappa shape index (κ3) is 4.05. The number of benzene rings is 2. The maximum atomic E-state index is 12.5. The number of carboxylic acids is 1. The maximum Gasteiger partial charge on any atom is 0.335 e. The summed E-state index contributed by atoms with van der Waals surface area (Å²) in [5.74, 6) is -0.568. The lowest BCUT2D eigenvalue weighted by atomic mass is 10.1. The first-order chi connectivity index (χ1) is 14.5. The highest BCUT2D eigenvalue weighted by Gasteiger charge is 2.11. The number of fused-ring (bicyclic) bond motifs is 1. The van der Waals surface area contributed by atoms with Crippen LogP contribution in [0.2, 0.25) is 0 Å². The van der Waals surface area contributed by atoms with Crippen LogP contribution in [0.5, 0.6) is 0 Å². The molecule has 0 saturated carbocycles. The molecule has 2 heterocycles. The van der Waals surface area contributed by atoms with Gasteiger partial charge < -0.3 is 10.4 Å². The smallest absolute Gasteiger partial charge is 0.335 e. The largest absolute Gasteiger partial charge is 0.478 e. The molecule has 7 heteroatoms. The number of anilines is 1. The number of aromatic carboxylic acids is 1. The van der Waals surface area contributed by atoms with Crippen molar-refractivity contribution < 1.29 is 9.90 Å². The molecule has 2 aromatic carbocycles. The van der Waals surface area contributed by atoms with E-state index in [9.17, 15) is 9.59 Å². The maximum absolute atomic E-state index is 12.5. The van der Waals surface area contributed by atoms with Crippen molar-refractivity contribution in [3.8, 4) is 0 Å². The predicted octanol–water partition coefficient (Wildman–Crippen LogP) is 3.71. The van der Waals surface area contributed by atoms with Crippen molar-refractivity contribution in [1.29, 1.82) is 0 Å². The monoisotopic (exact) mass is 400 g/mol. The lowest BCUT2D eigenvalue weighted by Crippen LogP contribution is -2.21. The summed E-state index contributed by atoms with van der Waals surface area (Å²) in [7, 11) is 0. The average molecular weight is 400 g/mol. The van der Waals surface area contributed by atoms with Crippen LogP contribution in [0.4, 0.5) is 5.95 Å². The van der Waals surface area contributed by atoms with Gasteiger partial charge in [0, 0.05) is 17.6 Å². The lowest BCUT2D eigenvalue weighted by Gasteiger charge is -2.16. The van der Waals surface area contributed by atoms with Crippen molar-refractivity contribution in [2.75, 3.05) is 5.32 Å². The van der Waals surface area contributed by atoms with Crippen molar-refractivity contribution >= 4 is 23.0 Å². The second-order valence-electron chi connectivity index (χ2n) is 7.01. The molecule has 4 rings (SSSR count). The van der Waals surface area contributed by atoms with Crippen molar-refractivity contribution in [1.82, 2.24) is 14.5 Å². The molecule has 1 atom stereocenters. The van der Waals surface area contributed by atoms with E-state index in [0.29, 0.717) is 18.1 Å². The van der Waals surface area contributed by atoms with E-state index in [1.54, 1.807) is 41.1 Å². The standard InChI is InChI=1S/C23H20N4O3/c1-15(17-7-9-18(10-8-17)22(29)30)25-23-24-13-19-11-12-20(28)27(21(19)26-23)14-16-5-3-2-4-6-16/h2-13,15H,14H2,1H3,(H,29,30)(H,24,25,26)/t15-/m0/s1. The average Bonchev–Trinajstić information content (AvgIpc) is 2.76. The SMILES string of the molecule is C[C@H](Nc1ncc2ccc(=O)n(Cc3ccccc3)c2n1)c1ccc(C(=O)O)cc1. The Balaban J connectivity index is 1.64. The normalized spacial score (nSPS) is 11.9. The summed E-state index contributed by atoms with van der Waals surface area (Å²) in [4.78, 5) is 32.5. The van der Waals surface area contributed by atoms with Gasteiger partial charge >= 0.3 is 5.97 Å². The Kier molecular flexibility index (Phi) is 5.26. The lowest BCUT2D eigenvalue weighted by molar-refractivity contribution is 0.0697. The number of carbonyl (C=O) groups is 1. The van der Waals surface area contributed by atoms with Gasteiger partial charge in [-0.2, -0.15) is 4.98 Å². The molecule has 0 saturated heterocycles. The van der Waals surface area contributed by atoms with Gasteiger partial charge in [0.05, 0.1) is 18.2 Å². The summed E-state index contributed by atoms with van der Waals surface area (Å²) in [6, 6.07) is 19.5. The minimum Gasteiger partial charge on any atom is -0.478 e. The molecule has 0 amide bonds. The molecule has 0 aliphatic heterocycles. The first-order valence-corrected chi connectivity index (χ1v) is 9.51. The second kappa shape index (κ2) is 8.16. The molecule has 0 aliphatic rings. The Morgan fingerprint density at radius 2 is 1.80 bits per heavy atom. The first kappa shape index (κ1) is 19.3. The molecule has 0 bridgehead atoms. The number of hydrogen-bond donors (Lipinski definition) is 2. The minimum atomic E-state index is -0.962. The number of pyridine rings is 1. The number of aromatic nitrogens is 3. The molecule has 7 nitrogen and oxygen atoms in total.